The van der Waals surface area contributed by atoms with Crippen LogP contribution in [0, 0.1) is 28.6 Å². The van der Waals surface area contributed by atoms with Gasteiger partial charge in [-0.1, -0.05) is 95.3 Å². The highest BCUT2D eigenvalue weighted by Gasteiger charge is 2.60. The number of aliphatic hydroxyl groups is 1. The number of benzene rings is 2. The largest absolute Gasteiger partial charge is 0.462 e. The van der Waals surface area contributed by atoms with E-state index in [2.05, 4.69) is 95.3 Å². The van der Waals surface area contributed by atoms with E-state index in [0.717, 1.165) is 44.9 Å². The summed E-state index contributed by atoms with van der Waals surface area (Å²) in [4.78, 5) is 25.4. The average molecular weight is 605 g/mol. The van der Waals surface area contributed by atoms with Crippen LogP contribution in [-0.4, -0.2) is 44.0 Å². The molecular weight excluding hydrogens is 552 g/mol. The Balaban J connectivity index is 1.45. The molecule has 2 aromatic rings. The van der Waals surface area contributed by atoms with Crippen LogP contribution in [0.4, 0.5) is 0 Å². The van der Waals surface area contributed by atoms with Gasteiger partial charge in [0.2, 0.25) is 0 Å². The fourth-order valence-corrected chi connectivity index (χ4v) is 13.9. The first-order chi connectivity index (χ1) is 20.3. The molecule has 3 fully saturated rings. The van der Waals surface area contributed by atoms with Crippen molar-refractivity contribution in [1.29, 1.82) is 0 Å². The average Bonchev–Trinajstić information content (AvgIpc) is 3.27. The topological polar surface area (TPSA) is 72.8 Å². The standard InChI is InChI=1S/C37H52O5Si/c1-26(38)42-34-31-17-18-33(40)37(31,6)23-20-32(34)36(5)22-19-28(39)25-27(36)21-24-41-43(35(2,3)4,29-13-9-7-10-14-29)30-15-11-8-12-16-30/h7-16,27-28,31-32,34,39H,17-25H2,1-6H3/t27-,28-,31?,32?,34?,36-,37?/m0/s1. The van der Waals surface area contributed by atoms with Gasteiger partial charge in [-0.2, -0.15) is 0 Å². The molecule has 5 rings (SSSR count). The van der Waals surface area contributed by atoms with Gasteiger partial charge in [-0.05, 0) is 71.7 Å². The molecule has 6 heteroatoms. The molecule has 0 bridgehead atoms. The molecule has 3 aliphatic rings. The summed E-state index contributed by atoms with van der Waals surface area (Å²) < 4.78 is 13.5. The van der Waals surface area contributed by atoms with E-state index >= 15 is 0 Å². The Labute approximate surface area is 259 Å². The minimum Gasteiger partial charge on any atom is -0.462 e. The lowest BCUT2D eigenvalue weighted by Crippen LogP contribution is -2.66. The summed E-state index contributed by atoms with van der Waals surface area (Å²) in [5.41, 5.74) is -0.524. The van der Waals surface area contributed by atoms with Crippen molar-refractivity contribution in [2.24, 2.45) is 28.6 Å². The maximum atomic E-state index is 13.0. The molecule has 2 aromatic carbocycles. The van der Waals surface area contributed by atoms with Crippen molar-refractivity contribution in [3.8, 4) is 0 Å². The van der Waals surface area contributed by atoms with Crippen LogP contribution >= 0.6 is 0 Å². The molecule has 4 unspecified atom stereocenters. The number of hydrogen-bond acceptors (Lipinski definition) is 5. The predicted molar refractivity (Wildman–Crippen MR) is 174 cm³/mol. The maximum Gasteiger partial charge on any atom is 0.302 e. The monoisotopic (exact) mass is 604 g/mol. The molecule has 0 radical (unpaired) electrons. The van der Waals surface area contributed by atoms with Gasteiger partial charge in [-0.3, -0.25) is 9.59 Å². The van der Waals surface area contributed by atoms with Gasteiger partial charge >= 0.3 is 5.97 Å². The molecule has 0 heterocycles. The van der Waals surface area contributed by atoms with Crippen molar-refractivity contribution in [3.63, 3.8) is 0 Å². The number of rotatable bonds is 8. The SMILES string of the molecule is CC(=O)OC1C2CCC(=O)C2(C)CCC1[C@@]1(C)CC[C@H](O)C[C@@H]1CCO[Si](c1ccccc1)(c1ccccc1)C(C)(C)C. The number of ketones is 1. The van der Waals surface area contributed by atoms with E-state index in [4.69, 9.17) is 9.16 Å². The van der Waals surface area contributed by atoms with Gasteiger partial charge in [0.05, 0.1) is 6.10 Å². The third kappa shape index (κ3) is 5.80. The minimum atomic E-state index is -2.68. The van der Waals surface area contributed by atoms with Crippen molar-refractivity contribution in [2.45, 2.75) is 110 Å². The summed E-state index contributed by atoms with van der Waals surface area (Å²) in [5, 5.41) is 13.4. The zero-order valence-electron chi connectivity index (χ0n) is 27.1. The second-order valence-electron chi connectivity index (χ2n) is 15.1. The number of carbonyl (C=O) groups excluding carboxylic acids is 2. The summed E-state index contributed by atoms with van der Waals surface area (Å²) in [5.74, 6) is 0.516. The summed E-state index contributed by atoms with van der Waals surface area (Å²) >= 11 is 0. The lowest BCUT2D eigenvalue weighted by Gasteiger charge is -2.55. The zero-order chi connectivity index (χ0) is 31.0. The molecule has 0 spiro atoms. The Morgan fingerprint density at radius 3 is 2.09 bits per heavy atom. The summed E-state index contributed by atoms with van der Waals surface area (Å²) in [6, 6.07) is 21.5. The predicted octanol–water partition coefficient (Wildman–Crippen LogP) is 6.45. The van der Waals surface area contributed by atoms with Gasteiger partial charge < -0.3 is 14.3 Å². The fraction of sp³-hybridized carbons (Fsp3) is 0.622. The van der Waals surface area contributed by atoms with E-state index in [9.17, 15) is 14.7 Å². The van der Waals surface area contributed by atoms with Gasteiger partial charge in [0.25, 0.3) is 8.32 Å². The number of aliphatic hydroxyl groups excluding tert-OH is 1. The van der Waals surface area contributed by atoms with Crippen LogP contribution in [-0.2, 0) is 18.8 Å². The third-order valence-corrected chi connectivity index (χ3v) is 16.8. The van der Waals surface area contributed by atoms with Crippen LogP contribution in [0.25, 0.3) is 0 Å². The number of fused-ring (bicyclic) bond motifs is 1. The smallest absolute Gasteiger partial charge is 0.302 e. The Bertz CT molecular complexity index is 1230. The Kier molecular flexibility index (Phi) is 9.15. The second kappa shape index (κ2) is 12.2. The number of esters is 1. The van der Waals surface area contributed by atoms with Crippen LogP contribution in [0.15, 0.2) is 60.7 Å². The van der Waals surface area contributed by atoms with Gasteiger partial charge in [0, 0.05) is 37.2 Å². The Morgan fingerprint density at radius 2 is 1.53 bits per heavy atom. The van der Waals surface area contributed by atoms with Crippen molar-refractivity contribution in [3.05, 3.63) is 60.7 Å². The molecule has 0 saturated heterocycles. The van der Waals surface area contributed by atoms with Crippen molar-refractivity contribution < 1.29 is 23.9 Å². The molecule has 5 nitrogen and oxygen atoms in total. The molecule has 3 aliphatic carbocycles. The van der Waals surface area contributed by atoms with E-state index in [1.807, 2.05) is 0 Å². The molecule has 0 aromatic heterocycles. The van der Waals surface area contributed by atoms with E-state index in [1.54, 1.807) is 0 Å². The highest BCUT2D eigenvalue weighted by molar-refractivity contribution is 6.99. The highest BCUT2D eigenvalue weighted by atomic mass is 28.4. The Morgan fingerprint density at radius 1 is 0.930 bits per heavy atom. The lowest BCUT2D eigenvalue weighted by molar-refractivity contribution is -0.177. The summed E-state index contributed by atoms with van der Waals surface area (Å²) in [6.07, 6.45) is 5.71. The van der Waals surface area contributed by atoms with Gasteiger partial charge in [0.15, 0.2) is 0 Å². The van der Waals surface area contributed by atoms with Crippen LogP contribution in [0.1, 0.15) is 92.9 Å². The van der Waals surface area contributed by atoms with E-state index in [-0.39, 0.29) is 46.4 Å². The lowest BCUT2D eigenvalue weighted by atomic mass is 9.51. The van der Waals surface area contributed by atoms with E-state index in [1.165, 1.54) is 17.3 Å². The molecular formula is C37H52O5Si. The highest BCUT2D eigenvalue weighted by Crippen LogP contribution is 2.60. The number of Topliss-reactive ketones (excluding diaryl/α,β-unsaturated/α-hetero) is 1. The first-order valence-electron chi connectivity index (χ1n) is 16.5. The van der Waals surface area contributed by atoms with Crippen molar-refractivity contribution in [1.82, 2.24) is 0 Å². The van der Waals surface area contributed by atoms with E-state index < -0.39 is 13.7 Å². The Hall–Kier alpha value is -2.28. The normalized spacial score (nSPS) is 33.2. The summed E-state index contributed by atoms with van der Waals surface area (Å²) in [6.45, 7) is 13.5. The molecule has 3 saturated carbocycles. The van der Waals surface area contributed by atoms with Crippen LogP contribution in [0.2, 0.25) is 5.04 Å². The van der Waals surface area contributed by atoms with Gasteiger partial charge in [0.1, 0.15) is 11.9 Å². The van der Waals surface area contributed by atoms with Gasteiger partial charge in [-0.15, -0.1) is 0 Å². The summed E-state index contributed by atoms with van der Waals surface area (Å²) in [7, 11) is -2.68. The number of hydrogen-bond donors (Lipinski definition) is 1. The van der Waals surface area contributed by atoms with Crippen molar-refractivity contribution >= 4 is 30.4 Å². The van der Waals surface area contributed by atoms with Gasteiger partial charge in [-0.25, -0.2) is 0 Å². The third-order valence-electron chi connectivity index (χ3n) is 11.8. The van der Waals surface area contributed by atoms with Crippen LogP contribution < -0.4 is 10.4 Å². The molecule has 234 valence electrons. The molecule has 0 amide bonds. The fourth-order valence-electron chi connectivity index (χ4n) is 9.36. The van der Waals surface area contributed by atoms with Crippen LogP contribution in [0.3, 0.4) is 0 Å². The maximum absolute atomic E-state index is 13.0. The zero-order valence-corrected chi connectivity index (χ0v) is 28.1. The van der Waals surface area contributed by atoms with Crippen LogP contribution in [0.5, 0.6) is 0 Å². The minimum absolute atomic E-state index is 0.0698. The molecule has 43 heavy (non-hydrogen) atoms. The number of carbonyl (C=O) groups is 2. The molecule has 1 N–H and O–H groups in total. The quantitative estimate of drug-likeness (QED) is 0.277. The molecule has 0 aliphatic heterocycles. The first-order valence-corrected chi connectivity index (χ1v) is 18.4. The van der Waals surface area contributed by atoms with E-state index in [0.29, 0.717) is 18.8 Å². The molecule has 7 atom stereocenters. The van der Waals surface area contributed by atoms with Crippen molar-refractivity contribution in [2.75, 3.05) is 6.61 Å². The second-order valence-corrected chi connectivity index (χ2v) is 19.4. The number of ether oxygens (including phenoxy) is 1. The first kappa shape index (κ1) is 32.1.